The highest BCUT2D eigenvalue weighted by Crippen LogP contribution is 2.37. The molecule has 1 aromatic carbocycles. The summed E-state index contributed by atoms with van der Waals surface area (Å²) in [6, 6.07) is 8.29. The second kappa shape index (κ2) is 10.5. The van der Waals surface area contributed by atoms with Crippen LogP contribution in [0.25, 0.3) is 11.0 Å². The summed E-state index contributed by atoms with van der Waals surface area (Å²) in [5.41, 5.74) is 0.291. The van der Waals surface area contributed by atoms with Crippen LogP contribution in [-0.2, 0) is 6.18 Å². The summed E-state index contributed by atoms with van der Waals surface area (Å²) in [5, 5.41) is 0.481. The summed E-state index contributed by atoms with van der Waals surface area (Å²) in [6.45, 7) is 4.00. The lowest BCUT2D eigenvalue weighted by Gasteiger charge is -2.13. The Morgan fingerprint density at radius 1 is 1.09 bits per heavy atom. The average molecular weight is 513 g/mol. The number of benzene rings is 1. The molecule has 0 saturated carbocycles. The Hall–Kier alpha value is -2.75. The number of ketones is 1. The minimum atomic E-state index is -4.59. The fourth-order valence-corrected chi connectivity index (χ4v) is 3.96. The molecular weight excluding hydrogens is 496 g/mol. The van der Waals surface area contributed by atoms with Crippen molar-refractivity contribution < 1.29 is 18.0 Å². The Balaban J connectivity index is 0.00000149. The van der Waals surface area contributed by atoms with Crippen LogP contribution in [-0.4, -0.2) is 20.7 Å². The van der Waals surface area contributed by atoms with E-state index in [1.807, 2.05) is 13.8 Å². The summed E-state index contributed by atoms with van der Waals surface area (Å²) < 4.78 is 42.2. The van der Waals surface area contributed by atoms with Gasteiger partial charge in [-0.1, -0.05) is 37.0 Å². The average Bonchev–Trinajstić information content (AvgIpc) is 3.28. The second-order valence-electron chi connectivity index (χ2n) is 6.32. The van der Waals surface area contributed by atoms with E-state index in [-0.39, 0.29) is 27.1 Å². The maximum atomic E-state index is 13.2. The third-order valence-corrected chi connectivity index (χ3v) is 5.64. The van der Waals surface area contributed by atoms with Crippen LogP contribution in [0, 0.1) is 0 Å². The molecule has 0 aliphatic carbocycles. The number of anilines is 1. The Labute approximate surface area is 201 Å². The molecule has 0 bridgehead atoms. The minimum absolute atomic E-state index is 0.0654. The molecule has 5 nitrogen and oxygen atoms in total. The number of nitrogens with one attached hydrogen (secondary N) is 2. The normalized spacial score (nSPS) is 11.1. The number of alkyl halides is 3. The number of aromatic nitrogens is 3. The van der Waals surface area contributed by atoms with Gasteiger partial charge in [-0.25, -0.2) is 9.97 Å². The third kappa shape index (κ3) is 5.61. The van der Waals surface area contributed by atoms with E-state index >= 15 is 0 Å². The molecule has 0 unspecified atom stereocenters. The number of halogens is 5. The van der Waals surface area contributed by atoms with Crippen molar-refractivity contribution in [1.82, 2.24) is 15.0 Å². The van der Waals surface area contributed by atoms with Crippen LogP contribution in [0.2, 0.25) is 10.0 Å². The zero-order chi connectivity index (χ0) is 24.2. The summed E-state index contributed by atoms with van der Waals surface area (Å²) in [5.74, 6) is -0.390. The maximum Gasteiger partial charge on any atom is 0.417 e. The molecule has 33 heavy (non-hydrogen) atoms. The number of carbonyl (C=O) groups is 1. The lowest BCUT2D eigenvalue weighted by Crippen LogP contribution is -2.08. The molecule has 172 valence electrons. The molecule has 0 fully saturated rings. The van der Waals surface area contributed by atoms with E-state index in [1.54, 1.807) is 18.3 Å². The fourth-order valence-electron chi connectivity index (χ4n) is 2.88. The summed E-state index contributed by atoms with van der Waals surface area (Å²) in [7, 11) is 0. The monoisotopic (exact) mass is 512 g/mol. The molecule has 0 atom stereocenters. The largest absolute Gasteiger partial charge is 0.417 e. The standard InChI is InChI=1S/C20H11Cl2F3N4OS.C2H6/c21-10-7-16(29-31-11-1-2-15(22)14(8-11)20(23,24)25)17(28-9-10)18(30)12-3-5-26-19-13(12)4-6-27-19;1-2/h1-9,29H,(H,26,27);1-2H3. The number of hydrogen-bond acceptors (Lipinski definition) is 5. The van der Waals surface area contributed by atoms with Gasteiger partial charge in [0.15, 0.2) is 0 Å². The molecule has 4 rings (SSSR count). The van der Waals surface area contributed by atoms with Gasteiger partial charge in [0.1, 0.15) is 11.3 Å². The lowest BCUT2D eigenvalue weighted by molar-refractivity contribution is -0.137. The Bertz CT molecular complexity index is 1290. The van der Waals surface area contributed by atoms with Gasteiger partial charge in [0, 0.05) is 34.4 Å². The van der Waals surface area contributed by atoms with Gasteiger partial charge < -0.3 is 9.71 Å². The molecule has 4 aromatic rings. The molecule has 0 aliphatic rings. The number of carbonyl (C=O) groups excluding carboxylic acids is 1. The number of nitrogens with zero attached hydrogens (tertiary/aromatic N) is 2. The topological polar surface area (TPSA) is 70.7 Å². The maximum absolute atomic E-state index is 13.2. The van der Waals surface area contributed by atoms with E-state index in [0.29, 0.717) is 16.6 Å². The van der Waals surface area contributed by atoms with Crippen LogP contribution < -0.4 is 4.72 Å². The number of hydrogen-bond donors (Lipinski definition) is 2. The summed E-state index contributed by atoms with van der Waals surface area (Å²) in [6.07, 6.45) is -0.104. The molecule has 0 saturated heterocycles. The molecule has 0 radical (unpaired) electrons. The predicted molar refractivity (Wildman–Crippen MR) is 126 cm³/mol. The number of aromatic amines is 1. The van der Waals surface area contributed by atoms with E-state index in [4.69, 9.17) is 23.2 Å². The molecular formula is C22H17Cl2F3N4OS. The molecule has 2 N–H and O–H groups in total. The number of rotatable bonds is 5. The van der Waals surface area contributed by atoms with E-state index in [2.05, 4.69) is 19.7 Å². The summed E-state index contributed by atoms with van der Waals surface area (Å²) in [4.78, 5) is 24.6. The van der Waals surface area contributed by atoms with Gasteiger partial charge in [0.05, 0.1) is 21.3 Å². The van der Waals surface area contributed by atoms with Gasteiger partial charge in [0.2, 0.25) is 5.78 Å². The lowest BCUT2D eigenvalue weighted by atomic mass is 10.0. The van der Waals surface area contributed by atoms with E-state index in [1.165, 1.54) is 24.5 Å². The number of pyridine rings is 2. The Morgan fingerprint density at radius 3 is 2.58 bits per heavy atom. The first-order valence-electron chi connectivity index (χ1n) is 9.66. The predicted octanol–water partition coefficient (Wildman–Crippen LogP) is 7.66. The van der Waals surface area contributed by atoms with Gasteiger partial charge in [-0.2, -0.15) is 13.2 Å². The molecule has 3 aromatic heterocycles. The number of H-pyrrole nitrogens is 1. The van der Waals surface area contributed by atoms with Gasteiger partial charge in [-0.05, 0) is 48.3 Å². The van der Waals surface area contributed by atoms with Crippen molar-refractivity contribution in [3.63, 3.8) is 0 Å². The first-order chi connectivity index (χ1) is 15.7. The highest BCUT2D eigenvalue weighted by molar-refractivity contribution is 8.00. The van der Waals surface area contributed by atoms with Crippen molar-refractivity contribution in [2.24, 2.45) is 0 Å². The van der Waals surface area contributed by atoms with Crippen LogP contribution in [0.3, 0.4) is 0 Å². The highest BCUT2D eigenvalue weighted by Gasteiger charge is 2.33. The second-order valence-corrected chi connectivity index (χ2v) is 8.04. The van der Waals surface area contributed by atoms with Crippen LogP contribution in [0.15, 0.2) is 59.9 Å². The van der Waals surface area contributed by atoms with Crippen molar-refractivity contribution in [3.8, 4) is 0 Å². The highest BCUT2D eigenvalue weighted by atomic mass is 35.5. The van der Waals surface area contributed by atoms with Crippen LogP contribution in [0.5, 0.6) is 0 Å². The van der Waals surface area contributed by atoms with E-state index in [9.17, 15) is 18.0 Å². The zero-order valence-electron chi connectivity index (χ0n) is 17.3. The van der Waals surface area contributed by atoms with Crippen molar-refractivity contribution in [3.05, 3.63) is 81.9 Å². The number of fused-ring (bicyclic) bond motifs is 1. The van der Waals surface area contributed by atoms with Crippen molar-refractivity contribution in [2.75, 3.05) is 4.72 Å². The van der Waals surface area contributed by atoms with Gasteiger partial charge in [0.25, 0.3) is 0 Å². The molecule has 0 spiro atoms. The van der Waals surface area contributed by atoms with Crippen molar-refractivity contribution in [1.29, 1.82) is 0 Å². The smallest absolute Gasteiger partial charge is 0.346 e. The minimum Gasteiger partial charge on any atom is -0.346 e. The van der Waals surface area contributed by atoms with E-state index in [0.717, 1.165) is 24.1 Å². The van der Waals surface area contributed by atoms with Crippen molar-refractivity contribution in [2.45, 2.75) is 24.9 Å². The molecule has 0 amide bonds. The van der Waals surface area contributed by atoms with Crippen LogP contribution >= 0.6 is 35.1 Å². The van der Waals surface area contributed by atoms with Crippen molar-refractivity contribution >= 4 is 57.7 Å². The molecule has 0 aliphatic heterocycles. The third-order valence-electron chi connectivity index (χ3n) is 4.30. The van der Waals surface area contributed by atoms with Crippen LogP contribution in [0.4, 0.5) is 18.9 Å². The van der Waals surface area contributed by atoms with E-state index < -0.39 is 16.8 Å². The first-order valence-corrected chi connectivity index (χ1v) is 11.2. The van der Waals surface area contributed by atoms with Gasteiger partial charge >= 0.3 is 6.18 Å². The fraction of sp³-hybridized carbons (Fsp3) is 0.136. The molecule has 11 heteroatoms. The quantitative estimate of drug-likeness (QED) is 0.212. The van der Waals surface area contributed by atoms with Gasteiger partial charge in [-0.3, -0.25) is 4.79 Å². The Kier molecular flexibility index (Phi) is 7.88. The Morgan fingerprint density at radius 2 is 1.85 bits per heavy atom. The molecule has 3 heterocycles. The SMILES string of the molecule is CC.O=C(c1ncc(Cl)cc1NSc1ccc(Cl)c(C(F)(F)F)c1)c1ccnc2[nH]ccc12. The van der Waals surface area contributed by atoms with Crippen LogP contribution in [0.1, 0.15) is 35.5 Å². The zero-order valence-corrected chi connectivity index (χ0v) is 19.6. The van der Waals surface area contributed by atoms with Gasteiger partial charge in [-0.15, -0.1) is 0 Å². The summed E-state index contributed by atoms with van der Waals surface area (Å²) >= 11 is 12.6. The first kappa shape index (κ1) is 24.9.